The van der Waals surface area contributed by atoms with Gasteiger partial charge in [0.1, 0.15) is 11.9 Å². The normalized spacial score (nSPS) is 20.0. The van der Waals surface area contributed by atoms with Gasteiger partial charge < -0.3 is 19.1 Å². The van der Waals surface area contributed by atoms with E-state index in [4.69, 9.17) is 9.26 Å². The quantitative estimate of drug-likeness (QED) is 0.732. The fraction of sp³-hybridized carbons (Fsp3) is 0.375. The summed E-state index contributed by atoms with van der Waals surface area (Å²) in [7, 11) is 2.02. The molecule has 120 valence electrons. The highest BCUT2D eigenvalue weighted by Gasteiger charge is 2.42. The molecule has 1 fully saturated rings. The Morgan fingerprint density at radius 1 is 1.35 bits per heavy atom. The molecule has 0 aromatic carbocycles. The molecule has 0 saturated carbocycles. The molecule has 2 atom stereocenters. The molecule has 7 heteroatoms. The van der Waals surface area contributed by atoms with Crippen LogP contribution < -0.4 is 5.32 Å². The highest BCUT2D eigenvalue weighted by atomic mass is 16.6. The summed E-state index contributed by atoms with van der Waals surface area (Å²) in [6.07, 6.45) is 5.90. The average molecular weight is 313 g/mol. The Bertz CT molecular complexity index is 812. The molecule has 23 heavy (non-hydrogen) atoms. The highest BCUT2D eigenvalue weighted by Crippen LogP contribution is 2.38. The predicted octanol–water partition coefficient (Wildman–Crippen LogP) is 2.38. The summed E-state index contributed by atoms with van der Waals surface area (Å²) in [5, 5.41) is 11.7. The lowest BCUT2D eigenvalue weighted by atomic mass is 10.2. The van der Waals surface area contributed by atoms with Crippen molar-refractivity contribution in [3.05, 3.63) is 53.4 Å². The lowest BCUT2D eigenvalue weighted by Gasteiger charge is -2.01. The maximum Gasteiger partial charge on any atom is 0.161 e. The van der Waals surface area contributed by atoms with E-state index in [2.05, 4.69) is 26.2 Å². The van der Waals surface area contributed by atoms with E-state index in [9.17, 15) is 0 Å². The molecule has 0 radical (unpaired) electrons. The summed E-state index contributed by atoms with van der Waals surface area (Å²) in [5.74, 6) is 0.835. The summed E-state index contributed by atoms with van der Waals surface area (Å²) >= 11 is 0. The second kappa shape index (κ2) is 5.27. The molecule has 1 saturated heterocycles. The van der Waals surface area contributed by atoms with Crippen LogP contribution in [0.3, 0.4) is 0 Å². The van der Waals surface area contributed by atoms with Crippen LogP contribution >= 0.6 is 0 Å². The van der Waals surface area contributed by atoms with Crippen molar-refractivity contribution in [2.45, 2.75) is 32.7 Å². The van der Waals surface area contributed by atoms with Crippen LogP contribution in [0.4, 0.5) is 5.69 Å². The molecule has 4 rings (SSSR count). The van der Waals surface area contributed by atoms with E-state index in [1.165, 1.54) is 5.69 Å². The van der Waals surface area contributed by atoms with Crippen LogP contribution in [0.5, 0.6) is 0 Å². The van der Waals surface area contributed by atoms with Crippen LogP contribution in [-0.4, -0.2) is 25.7 Å². The van der Waals surface area contributed by atoms with Crippen molar-refractivity contribution in [3.8, 4) is 0 Å². The van der Waals surface area contributed by atoms with E-state index in [0.717, 1.165) is 22.7 Å². The Morgan fingerprint density at radius 2 is 2.22 bits per heavy atom. The maximum atomic E-state index is 5.71. The Labute approximate surface area is 133 Å². The number of epoxide rings is 1. The summed E-state index contributed by atoms with van der Waals surface area (Å²) in [4.78, 5) is 0. The van der Waals surface area contributed by atoms with Crippen molar-refractivity contribution in [1.82, 2.24) is 19.5 Å². The smallest absolute Gasteiger partial charge is 0.161 e. The standard InChI is InChI=1S/C16H19N5O2/c1-10-13(11(2)23-19-10)9-21-8-12(7-17-21)18-16-15(22-16)14-5-4-6-20(14)3/h4-8,15-16,18H,9H2,1-3H3. The van der Waals surface area contributed by atoms with Crippen molar-refractivity contribution in [1.29, 1.82) is 0 Å². The van der Waals surface area contributed by atoms with Gasteiger partial charge in [0.05, 0.1) is 29.8 Å². The summed E-state index contributed by atoms with van der Waals surface area (Å²) < 4.78 is 14.8. The number of hydrogen-bond donors (Lipinski definition) is 1. The minimum Gasteiger partial charge on any atom is -0.361 e. The average Bonchev–Trinajstić information content (AvgIpc) is 2.85. The predicted molar refractivity (Wildman–Crippen MR) is 84.0 cm³/mol. The van der Waals surface area contributed by atoms with Gasteiger partial charge in [-0.25, -0.2) is 0 Å². The van der Waals surface area contributed by atoms with Crippen LogP contribution in [0.1, 0.15) is 28.8 Å². The first-order valence-electron chi connectivity index (χ1n) is 7.59. The van der Waals surface area contributed by atoms with Gasteiger partial charge in [0.2, 0.25) is 0 Å². The Hall–Kier alpha value is -2.54. The molecule has 3 aromatic heterocycles. The lowest BCUT2D eigenvalue weighted by molar-refractivity contribution is 0.380. The van der Waals surface area contributed by atoms with Crippen molar-refractivity contribution >= 4 is 5.69 Å². The van der Waals surface area contributed by atoms with Gasteiger partial charge in [-0.05, 0) is 26.0 Å². The van der Waals surface area contributed by atoms with E-state index >= 15 is 0 Å². The fourth-order valence-corrected chi connectivity index (χ4v) is 2.80. The van der Waals surface area contributed by atoms with Gasteiger partial charge in [-0.3, -0.25) is 4.68 Å². The third kappa shape index (κ3) is 2.63. The van der Waals surface area contributed by atoms with Gasteiger partial charge >= 0.3 is 0 Å². The molecule has 2 unspecified atom stereocenters. The Kier molecular flexibility index (Phi) is 3.23. The number of nitrogens with one attached hydrogen (secondary N) is 1. The van der Waals surface area contributed by atoms with Crippen LogP contribution in [-0.2, 0) is 18.3 Å². The van der Waals surface area contributed by atoms with Gasteiger partial charge in [0.15, 0.2) is 6.23 Å². The minimum absolute atomic E-state index is 0.000291. The van der Waals surface area contributed by atoms with E-state index in [-0.39, 0.29) is 12.3 Å². The number of nitrogens with zero attached hydrogens (tertiary/aromatic N) is 4. The highest BCUT2D eigenvalue weighted by molar-refractivity contribution is 5.41. The van der Waals surface area contributed by atoms with Gasteiger partial charge in [-0.1, -0.05) is 5.16 Å². The van der Waals surface area contributed by atoms with Crippen molar-refractivity contribution in [2.24, 2.45) is 7.05 Å². The molecule has 0 amide bonds. The second-order valence-corrected chi connectivity index (χ2v) is 5.89. The number of ether oxygens (including phenoxy) is 1. The number of hydrogen-bond acceptors (Lipinski definition) is 5. The fourth-order valence-electron chi connectivity index (χ4n) is 2.80. The molecule has 1 aliphatic heterocycles. The molecule has 0 spiro atoms. The third-order valence-electron chi connectivity index (χ3n) is 4.21. The minimum atomic E-state index is 0.000291. The molecule has 0 bridgehead atoms. The monoisotopic (exact) mass is 313 g/mol. The van der Waals surface area contributed by atoms with Crippen LogP contribution in [0.25, 0.3) is 0 Å². The van der Waals surface area contributed by atoms with Crippen LogP contribution in [0.15, 0.2) is 35.2 Å². The van der Waals surface area contributed by atoms with Gasteiger partial charge in [-0.2, -0.15) is 5.10 Å². The Morgan fingerprint density at radius 3 is 2.91 bits per heavy atom. The maximum absolute atomic E-state index is 5.71. The number of rotatable bonds is 5. The van der Waals surface area contributed by atoms with Crippen molar-refractivity contribution < 1.29 is 9.26 Å². The molecular weight excluding hydrogens is 294 g/mol. The summed E-state index contributed by atoms with van der Waals surface area (Å²) in [6, 6.07) is 4.10. The number of anilines is 1. The lowest BCUT2D eigenvalue weighted by Crippen LogP contribution is -2.05. The van der Waals surface area contributed by atoms with E-state index in [1.807, 2.05) is 50.2 Å². The van der Waals surface area contributed by atoms with Crippen molar-refractivity contribution in [3.63, 3.8) is 0 Å². The molecule has 1 N–H and O–H groups in total. The zero-order valence-corrected chi connectivity index (χ0v) is 13.4. The SMILES string of the molecule is Cc1noc(C)c1Cn1cc(NC2OC2c2cccn2C)cn1. The third-order valence-corrected chi connectivity index (χ3v) is 4.21. The van der Waals surface area contributed by atoms with Crippen LogP contribution in [0, 0.1) is 13.8 Å². The van der Waals surface area contributed by atoms with Gasteiger partial charge in [0, 0.05) is 25.0 Å². The molecule has 4 heterocycles. The van der Waals surface area contributed by atoms with E-state index in [0.29, 0.717) is 6.54 Å². The topological polar surface area (TPSA) is 73.3 Å². The molecule has 1 aliphatic rings. The molecular formula is C16H19N5O2. The first kappa shape index (κ1) is 14.1. The molecule has 0 aliphatic carbocycles. The number of aromatic nitrogens is 4. The van der Waals surface area contributed by atoms with Gasteiger partial charge in [0.25, 0.3) is 0 Å². The van der Waals surface area contributed by atoms with Gasteiger partial charge in [-0.15, -0.1) is 0 Å². The van der Waals surface area contributed by atoms with E-state index in [1.54, 1.807) is 0 Å². The molecule has 7 nitrogen and oxygen atoms in total. The zero-order chi connectivity index (χ0) is 16.0. The van der Waals surface area contributed by atoms with Crippen molar-refractivity contribution in [2.75, 3.05) is 5.32 Å². The largest absolute Gasteiger partial charge is 0.361 e. The second-order valence-electron chi connectivity index (χ2n) is 5.89. The van der Waals surface area contributed by atoms with E-state index < -0.39 is 0 Å². The summed E-state index contributed by atoms with van der Waals surface area (Å²) in [5.41, 5.74) is 4.09. The summed E-state index contributed by atoms with van der Waals surface area (Å²) in [6.45, 7) is 4.51. The zero-order valence-electron chi connectivity index (χ0n) is 13.4. The number of aryl methyl sites for hydroxylation is 3. The van der Waals surface area contributed by atoms with Crippen LogP contribution in [0.2, 0.25) is 0 Å². The Balaban J connectivity index is 1.41. The molecule has 3 aromatic rings. The first-order valence-corrected chi connectivity index (χ1v) is 7.59. The first-order chi connectivity index (χ1) is 11.1.